The molecule has 2 heteroatoms. The number of nitrogens with zero attached hydrogens (tertiary/aromatic N) is 1. The van der Waals surface area contributed by atoms with Gasteiger partial charge in [0.1, 0.15) is 0 Å². The van der Waals surface area contributed by atoms with Gasteiger partial charge in [0.15, 0.2) is 0 Å². The predicted octanol–water partition coefficient (Wildman–Crippen LogP) is 3.92. The van der Waals surface area contributed by atoms with Gasteiger partial charge in [-0.05, 0) is 37.6 Å². The molecule has 0 bridgehead atoms. The first-order chi connectivity index (χ1) is 7.19. The van der Waals surface area contributed by atoms with E-state index in [1.165, 1.54) is 38.8 Å². The van der Waals surface area contributed by atoms with E-state index in [1.807, 2.05) is 0 Å². The van der Waals surface area contributed by atoms with Crippen molar-refractivity contribution in [2.45, 2.75) is 52.5 Å². The molecule has 0 N–H and O–H groups in total. The van der Waals surface area contributed by atoms with Crippen LogP contribution in [0.4, 0.5) is 0 Å². The Bertz CT molecular complexity index is 166. The van der Waals surface area contributed by atoms with Crippen molar-refractivity contribution < 1.29 is 0 Å². The zero-order chi connectivity index (χ0) is 11.3. The van der Waals surface area contributed by atoms with E-state index in [-0.39, 0.29) is 0 Å². The van der Waals surface area contributed by atoms with Gasteiger partial charge in [0, 0.05) is 17.9 Å². The van der Waals surface area contributed by atoms with Crippen molar-refractivity contribution in [1.82, 2.24) is 4.90 Å². The third kappa shape index (κ3) is 4.86. The SMILES string of the molecule is CCCCN(CC(CBr)C(C)C)C1CC1. The molecule has 0 radical (unpaired) electrons. The second-order valence-corrected chi connectivity index (χ2v) is 5.89. The van der Waals surface area contributed by atoms with Gasteiger partial charge in [-0.2, -0.15) is 0 Å². The highest BCUT2D eigenvalue weighted by molar-refractivity contribution is 9.09. The standard InChI is InChI=1S/C13H26BrN/c1-4-5-8-15(13-6-7-13)10-12(9-14)11(2)3/h11-13H,4-10H2,1-3H3. The molecule has 0 aromatic carbocycles. The fourth-order valence-electron chi connectivity index (χ4n) is 1.96. The van der Waals surface area contributed by atoms with Crippen LogP contribution in [0.2, 0.25) is 0 Å². The lowest BCUT2D eigenvalue weighted by molar-refractivity contribution is 0.203. The maximum absolute atomic E-state index is 3.66. The predicted molar refractivity (Wildman–Crippen MR) is 71.6 cm³/mol. The lowest BCUT2D eigenvalue weighted by Gasteiger charge is -2.28. The molecule has 0 saturated heterocycles. The average molecular weight is 276 g/mol. The van der Waals surface area contributed by atoms with E-state index >= 15 is 0 Å². The van der Waals surface area contributed by atoms with Gasteiger partial charge in [0.05, 0.1) is 0 Å². The van der Waals surface area contributed by atoms with Crippen LogP contribution in [0.25, 0.3) is 0 Å². The largest absolute Gasteiger partial charge is 0.300 e. The van der Waals surface area contributed by atoms with Crippen LogP contribution in [-0.2, 0) is 0 Å². The number of alkyl halides is 1. The van der Waals surface area contributed by atoms with Crippen LogP contribution in [0.15, 0.2) is 0 Å². The molecule has 15 heavy (non-hydrogen) atoms. The normalized spacial score (nSPS) is 18.8. The first-order valence-electron chi connectivity index (χ1n) is 6.49. The molecule has 1 fully saturated rings. The highest BCUT2D eigenvalue weighted by Crippen LogP contribution is 2.29. The second-order valence-electron chi connectivity index (χ2n) is 5.24. The fraction of sp³-hybridized carbons (Fsp3) is 1.00. The summed E-state index contributed by atoms with van der Waals surface area (Å²) >= 11 is 3.66. The van der Waals surface area contributed by atoms with Gasteiger partial charge in [-0.3, -0.25) is 0 Å². The number of hydrogen-bond acceptors (Lipinski definition) is 1. The van der Waals surface area contributed by atoms with Gasteiger partial charge < -0.3 is 4.90 Å². The summed E-state index contributed by atoms with van der Waals surface area (Å²) in [6.45, 7) is 9.59. The van der Waals surface area contributed by atoms with Crippen LogP contribution >= 0.6 is 15.9 Å². The molecule has 90 valence electrons. The van der Waals surface area contributed by atoms with E-state index in [2.05, 4.69) is 41.6 Å². The van der Waals surface area contributed by atoms with E-state index in [9.17, 15) is 0 Å². The Morgan fingerprint density at radius 2 is 2.00 bits per heavy atom. The molecular weight excluding hydrogens is 250 g/mol. The molecule has 1 rings (SSSR count). The molecule has 0 aliphatic heterocycles. The van der Waals surface area contributed by atoms with E-state index in [0.717, 1.165) is 23.2 Å². The van der Waals surface area contributed by atoms with Crippen molar-refractivity contribution in [3.8, 4) is 0 Å². The summed E-state index contributed by atoms with van der Waals surface area (Å²) in [6, 6.07) is 0.928. The summed E-state index contributed by atoms with van der Waals surface area (Å²) in [7, 11) is 0. The zero-order valence-electron chi connectivity index (χ0n) is 10.5. The lowest BCUT2D eigenvalue weighted by atomic mass is 9.97. The molecule has 1 saturated carbocycles. The summed E-state index contributed by atoms with van der Waals surface area (Å²) in [4.78, 5) is 2.73. The third-order valence-corrected chi connectivity index (χ3v) is 4.30. The second kappa shape index (κ2) is 6.90. The maximum Gasteiger partial charge on any atom is 0.00965 e. The lowest BCUT2D eigenvalue weighted by Crippen LogP contribution is -2.35. The van der Waals surface area contributed by atoms with Crippen LogP contribution < -0.4 is 0 Å². The summed E-state index contributed by atoms with van der Waals surface area (Å²) in [6.07, 6.45) is 5.57. The maximum atomic E-state index is 3.66. The Morgan fingerprint density at radius 1 is 1.33 bits per heavy atom. The summed E-state index contributed by atoms with van der Waals surface area (Å²) in [5.74, 6) is 1.62. The van der Waals surface area contributed by atoms with Crippen molar-refractivity contribution >= 4 is 15.9 Å². The molecule has 0 aromatic heterocycles. The smallest absolute Gasteiger partial charge is 0.00965 e. The van der Waals surface area contributed by atoms with E-state index in [1.54, 1.807) is 0 Å². The number of unbranched alkanes of at least 4 members (excludes halogenated alkanes) is 1. The van der Waals surface area contributed by atoms with Crippen molar-refractivity contribution in [3.63, 3.8) is 0 Å². The molecule has 0 aromatic rings. The van der Waals surface area contributed by atoms with Gasteiger partial charge in [0.2, 0.25) is 0 Å². The van der Waals surface area contributed by atoms with E-state index in [4.69, 9.17) is 0 Å². The third-order valence-electron chi connectivity index (χ3n) is 3.47. The van der Waals surface area contributed by atoms with Crippen LogP contribution in [0.5, 0.6) is 0 Å². The van der Waals surface area contributed by atoms with E-state index < -0.39 is 0 Å². The average Bonchev–Trinajstić information content (AvgIpc) is 3.01. The molecule has 0 amide bonds. The molecule has 0 spiro atoms. The molecule has 1 nitrogen and oxygen atoms in total. The number of hydrogen-bond donors (Lipinski definition) is 0. The Morgan fingerprint density at radius 3 is 2.40 bits per heavy atom. The summed E-state index contributed by atoms with van der Waals surface area (Å²) in [5, 5.41) is 1.15. The van der Waals surface area contributed by atoms with Crippen LogP contribution in [0.1, 0.15) is 46.5 Å². The molecule has 1 aliphatic rings. The van der Waals surface area contributed by atoms with Gasteiger partial charge >= 0.3 is 0 Å². The molecule has 1 atom stereocenters. The zero-order valence-corrected chi connectivity index (χ0v) is 12.1. The Kier molecular flexibility index (Phi) is 6.21. The Hall–Kier alpha value is 0.440. The van der Waals surface area contributed by atoms with Crippen LogP contribution in [0.3, 0.4) is 0 Å². The minimum atomic E-state index is 0.798. The van der Waals surface area contributed by atoms with Crippen LogP contribution in [-0.4, -0.2) is 29.4 Å². The topological polar surface area (TPSA) is 3.24 Å². The van der Waals surface area contributed by atoms with Crippen molar-refractivity contribution in [1.29, 1.82) is 0 Å². The van der Waals surface area contributed by atoms with Gasteiger partial charge in [-0.15, -0.1) is 0 Å². The molecule has 0 heterocycles. The van der Waals surface area contributed by atoms with E-state index in [0.29, 0.717) is 0 Å². The monoisotopic (exact) mass is 275 g/mol. The first-order valence-corrected chi connectivity index (χ1v) is 7.61. The highest BCUT2D eigenvalue weighted by atomic mass is 79.9. The van der Waals surface area contributed by atoms with Crippen LogP contribution in [0, 0.1) is 11.8 Å². The first kappa shape index (κ1) is 13.5. The minimum absolute atomic E-state index is 0.798. The summed E-state index contributed by atoms with van der Waals surface area (Å²) in [5.41, 5.74) is 0. The van der Waals surface area contributed by atoms with Crippen molar-refractivity contribution in [3.05, 3.63) is 0 Å². The molecule has 1 aliphatic carbocycles. The van der Waals surface area contributed by atoms with Gasteiger partial charge in [-0.1, -0.05) is 43.1 Å². The quantitative estimate of drug-likeness (QED) is 0.607. The number of rotatable bonds is 8. The fourth-order valence-corrected chi connectivity index (χ4v) is 2.92. The van der Waals surface area contributed by atoms with Crippen molar-refractivity contribution in [2.75, 3.05) is 18.4 Å². The highest BCUT2D eigenvalue weighted by Gasteiger charge is 2.30. The summed E-state index contributed by atoms with van der Waals surface area (Å²) < 4.78 is 0. The molecule has 1 unspecified atom stereocenters. The van der Waals surface area contributed by atoms with Gasteiger partial charge in [0.25, 0.3) is 0 Å². The Balaban J connectivity index is 2.34. The minimum Gasteiger partial charge on any atom is -0.300 e. The van der Waals surface area contributed by atoms with Gasteiger partial charge in [-0.25, -0.2) is 0 Å². The number of halogens is 1. The Labute approximate surface area is 104 Å². The molecular formula is C13H26BrN. The van der Waals surface area contributed by atoms with Crippen molar-refractivity contribution in [2.24, 2.45) is 11.8 Å².